The van der Waals surface area contributed by atoms with Crippen LogP contribution in [0.15, 0.2) is 0 Å². The first-order chi connectivity index (χ1) is 9.38. The minimum absolute atomic E-state index is 1.45. The highest BCUT2D eigenvalue weighted by Crippen LogP contribution is 2.24. The smallest absolute Gasteiger partial charge is 0.189 e. The number of carbonyl (C=O) groups is 2. The molecule has 0 rings (SSSR count). The predicted molar refractivity (Wildman–Crippen MR) is 53.6 cm³/mol. The number of phosphoric ester groups is 1. The van der Waals surface area contributed by atoms with E-state index in [1.54, 1.807) is 0 Å². The van der Waals surface area contributed by atoms with Crippen LogP contribution < -0.4 is 14.9 Å². The second kappa shape index (κ2) is 7.89. The molecule has 0 unspecified atom stereocenters. The lowest BCUT2D eigenvalue weighted by Crippen LogP contribution is -2.55. The molecule has 0 aliphatic heterocycles. The van der Waals surface area contributed by atoms with Crippen molar-refractivity contribution in [2.45, 2.75) is 30.5 Å². The number of hydrogen-bond acceptors (Lipinski definition) is 12. The SMILES string of the molecule is O=C(COP(=O)([O-])[O-])[C@@H](O)[C@H](O)[C@H](O)[C@@H](O)[C@@H](O)C(=O)[O-]. The van der Waals surface area contributed by atoms with Crippen molar-refractivity contribution < 1.29 is 59.1 Å². The van der Waals surface area contributed by atoms with Gasteiger partial charge in [0, 0.05) is 0 Å². The molecule has 0 bridgehead atoms. The molecule has 0 amide bonds. The van der Waals surface area contributed by atoms with Gasteiger partial charge in [-0.2, -0.15) is 0 Å². The third-order valence-electron chi connectivity index (χ3n) is 2.28. The molecule has 0 spiro atoms. The zero-order chi connectivity index (χ0) is 17.0. The zero-order valence-corrected chi connectivity index (χ0v) is 11.0. The number of Topliss-reactive ketones (excluding diaryl/α,β-unsaturated/α-hetero) is 1. The Morgan fingerprint density at radius 3 is 1.76 bits per heavy atom. The number of carboxylic acids is 1. The third kappa shape index (κ3) is 6.56. The summed E-state index contributed by atoms with van der Waals surface area (Å²) >= 11 is 0. The van der Waals surface area contributed by atoms with Crippen LogP contribution in [0.2, 0.25) is 0 Å². The van der Waals surface area contributed by atoms with Crippen molar-refractivity contribution in [1.82, 2.24) is 0 Å². The molecule has 0 saturated heterocycles. The summed E-state index contributed by atoms with van der Waals surface area (Å²) in [5.74, 6) is -3.75. The molecule has 0 heterocycles. The van der Waals surface area contributed by atoms with E-state index in [1.807, 2.05) is 0 Å². The van der Waals surface area contributed by atoms with Gasteiger partial charge in [0.25, 0.3) is 0 Å². The van der Waals surface area contributed by atoms with Crippen molar-refractivity contribution >= 4 is 19.6 Å². The van der Waals surface area contributed by atoms with Gasteiger partial charge in [-0.1, -0.05) is 0 Å². The van der Waals surface area contributed by atoms with Gasteiger partial charge in [-0.25, -0.2) is 0 Å². The number of aliphatic carboxylic acids is 1. The molecule has 0 radical (unpaired) electrons. The number of carboxylic acid groups (broad SMARTS) is 1. The van der Waals surface area contributed by atoms with Crippen molar-refractivity contribution in [3.05, 3.63) is 0 Å². The van der Waals surface area contributed by atoms with Crippen LogP contribution >= 0.6 is 7.82 Å². The summed E-state index contributed by atoms with van der Waals surface area (Å²) in [4.78, 5) is 41.6. The first kappa shape index (κ1) is 20.1. The van der Waals surface area contributed by atoms with Crippen LogP contribution in [0.1, 0.15) is 0 Å². The molecule has 13 heteroatoms. The van der Waals surface area contributed by atoms with E-state index < -0.39 is 56.7 Å². The Morgan fingerprint density at radius 2 is 1.38 bits per heavy atom. The highest BCUT2D eigenvalue weighted by atomic mass is 31.2. The van der Waals surface area contributed by atoms with Gasteiger partial charge in [-0.15, -0.1) is 0 Å². The Morgan fingerprint density at radius 1 is 0.952 bits per heavy atom. The van der Waals surface area contributed by atoms with Crippen molar-refractivity contribution in [2.24, 2.45) is 0 Å². The zero-order valence-electron chi connectivity index (χ0n) is 10.1. The lowest BCUT2D eigenvalue weighted by molar-refractivity contribution is -0.341. The number of ketones is 1. The number of phosphoric acid groups is 1. The molecule has 0 fully saturated rings. The lowest BCUT2D eigenvalue weighted by Gasteiger charge is -2.30. The quantitative estimate of drug-likeness (QED) is 0.248. The normalized spacial score (nSPS) is 19.4. The van der Waals surface area contributed by atoms with E-state index in [1.165, 1.54) is 0 Å². The first-order valence-electron chi connectivity index (χ1n) is 5.19. The van der Waals surface area contributed by atoms with E-state index in [4.69, 9.17) is 10.2 Å². The minimum atomic E-state index is -5.51. The highest BCUT2D eigenvalue weighted by Gasteiger charge is 2.37. The summed E-state index contributed by atoms with van der Waals surface area (Å²) in [7, 11) is -5.51. The van der Waals surface area contributed by atoms with Gasteiger partial charge in [-0.3, -0.25) is 4.79 Å². The third-order valence-corrected chi connectivity index (χ3v) is 2.73. The Bertz CT molecular complexity index is 417. The van der Waals surface area contributed by atoms with Gasteiger partial charge in [0.2, 0.25) is 0 Å². The van der Waals surface area contributed by atoms with Crippen LogP contribution in [0.25, 0.3) is 0 Å². The molecule has 0 aliphatic carbocycles. The van der Waals surface area contributed by atoms with Gasteiger partial charge in [-0.05, 0) is 0 Å². The molecule has 21 heavy (non-hydrogen) atoms. The molecule has 0 aromatic carbocycles. The first-order valence-corrected chi connectivity index (χ1v) is 6.65. The van der Waals surface area contributed by atoms with E-state index in [-0.39, 0.29) is 0 Å². The van der Waals surface area contributed by atoms with E-state index in [2.05, 4.69) is 4.52 Å². The molecular weight excluding hydrogens is 319 g/mol. The fourth-order valence-electron chi connectivity index (χ4n) is 1.13. The maximum absolute atomic E-state index is 11.1. The number of hydrogen-bond donors (Lipinski definition) is 5. The topological polar surface area (TPSA) is 231 Å². The standard InChI is InChI=1S/C8H15O12P/c9-2(1-20-21(17,18)19)3(10)4(11)5(12)6(13)7(14)8(15)16/h3-7,10-14H,1H2,(H,15,16)(H2,17,18,19)/p-3/t3-,4+,5+,6-,7-/m1/s1. The average Bonchev–Trinajstić information content (AvgIpc) is 2.39. The van der Waals surface area contributed by atoms with Crippen molar-refractivity contribution in [1.29, 1.82) is 0 Å². The summed E-state index contributed by atoms with van der Waals surface area (Å²) in [5, 5.41) is 56.0. The molecule has 5 atom stereocenters. The maximum atomic E-state index is 11.1. The van der Waals surface area contributed by atoms with Crippen LogP contribution in [-0.2, 0) is 18.7 Å². The van der Waals surface area contributed by atoms with Gasteiger partial charge in [0.15, 0.2) is 5.78 Å². The molecule has 0 aromatic rings. The van der Waals surface area contributed by atoms with Crippen LogP contribution in [0, 0.1) is 0 Å². The summed E-state index contributed by atoms with van der Waals surface area (Å²) in [5.41, 5.74) is 0. The van der Waals surface area contributed by atoms with Crippen LogP contribution in [0.3, 0.4) is 0 Å². The fraction of sp³-hybridized carbons (Fsp3) is 0.750. The number of carbonyl (C=O) groups excluding carboxylic acids is 2. The van der Waals surface area contributed by atoms with E-state index in [0.29, 0.717) is 0 Å². The summed E-state index contributed by atoms with van der Waals surface area (Å²) in [6.45, 7) is -1.45. The Balaban J connectivity index is 4.68. The molecule has 12 nitrogen and oxygen atoms in total. The molecule has 5 N–H and O–H groups in total. The Labute approximate surface area is 117 Å². The summed E-state index contributed by atoms with van der Waals surface area (Å²) < 4.78 is 13.6. The van der Waals surface area contributed by atoms with E-state index >= 15 is 0 Å². The molecule has 0 aromatic heterocycles. The van der Waals surface area contributed by atoms with Crippen LogP contribution in [0.5, 0.6) is 0 Å². The monoisotopic (exact) mass is 331 g/mol. The Hall–Kier alpha value is -0.950. The van der Waals surface area contributed by atoms with Gasteiger partial charge < -0.3 is 54.3 Å². The van der Waals surface area contributed by atoms with E-state index in [0.717, 1.165) is 0 Å². The number of aliphatic hydroxyl groups excluding tert-OH is 5. The second-order valence-corrected chi connectivity index (χ2v) is 5.02. The predicted octanol–water partition coefficient (Wildman–Crippen LogP) is -7.04. The average molecular weight is 331 g/mol. The minimum Gasteiger partial charge on any atom is -0.790 e. The van der Waals surface area contributed by atoms with Crippen molar-refractivity contribution in [3.63, 3.8) is 0 Å². The Kier molecular flexibility index (Phi) is 7.53. The lowest BCUT2D eigenvalue weighted by atomic mass is 9.97. The van der Waals surface area contributed by atoms with Gasteiger partial charge in [0.05, 0.1) is 13.8 Å². The molecule has 124 valence electrons. The molecule has 0 saturated carbocycles. The van der Waals surface area contributed by atoms with Gasteiger partial charge >= 0.3 is 0 Å². The number of rotatable bonds is 9. The fourth-order valence-corrected chi connectivity index (χ4v) is 1.42. The van der Waals surface area contributed by atoms with Crippen LogP contribution in [-0.4, -0.2) is 74.4 Å². The summed E-state index contributed by atoms with van der Waals surface area (Å²) in [6.07, 6.45) is -12.7. The van der Waals surface area contributed by atoms with Crippen LogP contribution in [0.4, 0.5) is 0 Å². The summed E-state index contributed by atoms with van der Waals surface area (Å²) in [6, 6.07) is 0. The van der Waals surface area contributed by atoms with Crippen molar-refractivity contribution in [3.8, 4) is 0 Å². The number of aliphatic hydroxyl groups is 5. The van der Waals surface area contributed by atoms with Crippen molar-refractivity contribution in [2.75, 3.05) is 6.61 Å². The largest absolute Gasteiger partial charge is 0.790 e. The maximum Gasteiger partial charge on any atom is 0.189 e. The molecular formula is C8H12O12P-3. The second-order valence-electron chi connectivity index (χ2n) is 3.87. The molecule has 0 aliphatic rings. The van der Waals surface area contributed by atoms with Gasteiger partial charge in [0.1, 0.15) is 37.1 Å². The highest BCUT2D eigenvalue weighted by molar-refractivity contribution is 7.43. The van der Waals surface area contributed by atoms with E-state index in [9.17, 15) is 44.4 Å².